The molecule has 0 amide bonds. The lowest BCUT2D eigenvalue weighted by atomic mass is 10.1. The third kappa shape index (κ3) is 3.79. The predicted molar refractivity (Wildman–Crippen MR) is 53.5 cm³/mol. The molecule has 0 atom stereocenters. The molecule has 0 aliphatic heterocycles. The first-order valence-electron chi connectivity index (χ1n) is 5.16. The van der Waals surface area contributed by atoms with Gasteiger partial charge in [0.1, 0.15) is 8.07 Å². The summed E-state index contributed by atoms with van der Waals surface area (Å²) in [6.45, 7) is 2.21. The van der Waals surface area contributed by atoms with Gasteiger partial charge >= 0.3 is 18.0 Å². The summed E-state index contributed by atoms with van der Waals surface area (Å²) in [6.07, 6.45) is -9.74. The zero-order valence-electron chi connectivity index (χ0n) is 10.3. The van der Waals surface area contributed by atoms with Crippen LogP contribution in [0.15, 0.2) is 0 Å². The first-order chi connectivity index (χ1) is 7.96. The maximum atomic E-state index is 13.4. The van der Waals surface area contributed by atoms with Gasteiger partial charge in [0.25, 0.3) is 5.55 Å². The summed E-state index contributed by atoms with van der Waals surface area (Å²) in [7, 11) is -4.05. The van der Waals surface area contributed by atoms with E-state index in [0.29, 0.717) is 0 Å². The van der Waals surface area contributed by atoms with Gasteiger partial charge in [-0.3, -0.25) is 0 Å². The van der Waals surface area contributed by atoms with Gasteiger partial charge in [-0.1, -0.05) is 19.6 Å². The molecule has 116 valence electrons. The van der Waals surface area contributed by atoms with Gasteiger partial charge in [-0.15, -0.1) is 0 Å². The fourth-order valence-corrected chi connectivity index (χ4v) is 2.28. The van der Waals surface area contributed by atoms with Crippen LogP contribution in [0.2, 0.25) is 19.6 Å². The fraction of sp³-hybridized carbons (Fsp3) is 1.00. The minimum atomic E-state index is -5.81. The van der Waals surface area contributed by atoms with Crippen LogP contribution in [0.4, 0.5) is 39.5 Å². The molecule has 0 rings (SSSR count). The van der Waals surface area contributed by atoms with Crippen molar-refractivity contribution in [3.63, 3.8) is 0 Å². The molecular weight excluding hydrogens is 307 g/mol. The van der Waals surface area contributed by atoms with E-state index in [1.807, 2.05) is 0 Å². The summed E-state index contributed by atoms with van der Waals surface area (Å²) in [5, 5.41) is 0. The lowest BCUT2D eigenvalue weighted by Crippen LogP contribution is -2.64. The van der Waals surface area contributed by atoms with E-state index in [0.717, 1.165) is 19.6 Å². The molecule has 10 heteroatoms. The standard InChI is InChI=1S/C9H13F9Si/c1-19(2,3)9(17,18)8(15,16)6(10,11)4-5-7(12,13)14/h4-5H2,1-3H3. The maximum Gasteiger partial charge on any atom is 0.389 e. The summed E-state index contributed by atoms with van der Waals surface area (Å²) in [5.41, 5.74) is -5.02. The zero-order valence-corrected chi connectivity index (χ0v) is 11.3. The largest absolute Gasteiger partial charge is 0.389 e. The number of halogens is 9. The Hall–Kier alpha value is -0.413. The SMILES string of the molecule is C[Si](C)(C)C(F)(F)C(F)(F)C(F)(F)CCC(F)(F)F. The molecule has 0 saturated carbocycles. The van der Waals surface area contributed by atoms with Crippen LogP contribution in [-0.4, -0.2) is 31.6 Å². The van der Waals surface area contributed by atoms with Gasteiger partial charge in [-0.2, -0.15) is 30.7 Å². The van der Waals surface area contributed by atoms with E-state index in [1.54, 1.807) is 0 Å². The van der Waals surface area contributed by atoms with Crippen LogP contribution < -0.4 is 0 Å². The average molecular weight is 320 g/mol. The van der Waals surface area contributed by atoms with E-state index in [2.05, 4.69) is 0 Å². The van der Waals surface area contributed by atoms with E-state index in [-0.39, 0.29) is 0 Å². The van der Waals surface area contributed by atoms with E-state index < -0.39 is 44.5 Å². The second-order valence-corrected chi connectivity index (χ2v) is 10.3. The van der Waals surface area contributed by atoms with Crippen molar-refractivity contribution in [3.8, 4) is 0 Å². The molecular formula is C9H13F9Si. The number of rotatable bonds is 5. The lowest BCUT2D eigenvalue weighted by molar-refractivity contribution is -0.291. The number of alkyl halides is 9. The Balaban J connectivity index is 5.28. The van der Waals surface area contributed by atoms with Gasteiger partial charge in [0.15, 0.2) is 0 Å². The van der Waals surface area contributed by atoms with Gasteiger partial charge < -0.3 is 0 Å². The van der Waals surface area contributed by atoms with Crippen molar-refractivity contribution in [1.82, 2.24) is 0 Å². The molecule has 0 aromatic carbocycles. The van der Waals surface area contributed by atoms with Crippen molar-refractivity contribution in [1.29, 1.82) is 0 Å². The number of hydrogen-bond acceptors (Lipinski definition) is 0. The molecule has 0 N–H and O–H groups in total. The molecule has 0 radical (unpaired) electrons. The third-order valence-electron chi connectivity index (χ3n) is 2.52. The molecule has 0 bridgehead atoms. The molecule has 0 aliphatic carbocycles. The third-order valence-corrected chi connectivity index (χ3v) is 4.72. The minimum absolute atomic E-state index is 0.737. The first-order valence-corrected chi connectivity index (χ1v) is 8.66. The normalized spacial score (nSPS) is 15.8. The fourth-order valence-electron chi connectivity index (χ4n) is 1.16. The van der Waals surface area contributed by atoms with Crippen molar-refractivity contribution < 1.29 is 39.5 Å². The molecule has 0 unspecified atom stereocenters. The van der Waals surface area contributed by atoms with Crippen molar-refractivity contribution in [2.45, 2.75) is 56.0 Å². The monoisotopic (exact) mass is 320 g/mol. The first kappa shape index (κ1) is 18.6. The quantitative estimate of drug-likeness (QED) is 0.488. The van der Waals surface area contributed by atoms with E-state index in [4.69, 9.17) is 0 Å². The Morgan fingerprint density at radius 2 is 1.05 bits per heavy atom. The highest BCUT2D eigenvalue weighted by molar-refractivity contribution is 6.78. The van der Waals surface area contributed by atoms with Gasteiger partial charge in [0, 0.05) is 12.8 Å². The van der Waals surface area contributed by atoms with Gasteiger partial charge in [-0.25, -0.2) is 8.78 Å². The summed E-state index contributed by atoms with van der Waals surface area (Å²) in [5.74, 6) is -11.2. The van der Waals surface area contributed by atoms with Crippen LogP contribution in [0, 0.1) is 0 Å². The van der Waals surface area contributed by atoms with Crippen LogP contribution in [-0.2, 0) is 0 Å². The Kier molecular flexibility index (Phi) is 4.74. The second kappa shape index (κ2) is 4.85. The Bertz CT molecular complexity index is 313. The van der Waals surface area contributed by atoms with Crippen LogP contribution >= 0.6 is 0 Å². The second-order valence-electron chi connectivity index (χ2n) is 5.22. The Morgan fingerprint density at radius 3 is 1.32 bits per heavy atom. The minimum Gasteiger partial charge on any atom is -0.205 e. The molecule has 0 fully saturated rings. The molecule has 0 aromatic rings. The van der Waals surface area contributed by atoms with E-state index in [9.17, 15) is 39.5 Å². The average Bonchev–Trinajstić information content (AvgIpc) is 2.11. The highest BCUT2D eigenvalue weighted by Gasteiger charge is 2.74. The smallest absolute Gasteiger partial charge is 0.205 e. The molecule has 0 aliphatic rings. The zero-order chi connectivity index (χ0) is 15.9. The lowest BCUT2D eigenvalue weighted by Gasteiger charge is -2.39. The highest BCUT2D eigenvalue weighted by Crippen LogP contribution is 2.52. The maximum absolute atomic E-state index is 13.4. The van der Waals surface area contributed by atoms with Crippen LogP contribution in [0.3, 0.4) is 0 Å². The molecule has 19 heavy (non-hydrogen) atoms. The summed E-state index contributed by atoms with van der Waals surface area (Å²) in [6, 6.07) is 0. The summed E-state index contributed by atoms with van der Waals surface area (Å²) in [4.78, 5) is 0. The molecule has 0 aromatic heterocycles. The van der Waals surface area contributed by atoms with Crippen molar-refractivity contribution in [2.75, 3.05) is 0 Å². The summed E-state index contributed by atoms with van der Waals surface area (Å²) < 4.78 is 115. The molecule has 0 nitrogen and oxygen atoms in total. The Morgan fingerprint density at radius 1 is 0.684 bits per heavy atom. The summed E-state index contributed by atoms with van der Waals surface area (Å²) >= 11 is 0. The molecule has 0 spiro atoms. The predicted octanol–water partition coefficient (Wildman–Crippen LogP) is 5.11. The van der Waals surface area contributed by atoms with Gasteiger partial charge in [-0.05, 0) is 0 Å². The van der Waals surface area contributed by atoms with Crippen LogP contribution in [0.1, 0.15) is 12.8 Å². The van der Waals surface area contributed by atoms with Crippen molar-refractivity contribution in [3.05, 3.63) is 0 Å². The van der Waals surface area contributed by atoms with Gasteiger partial charge in [0.2, 0.25) is 0 Å². The van der Waals surface area contributed by atoms with Gasteiger partial charge in [0.05, 0.1) is 0 Å². The highest BCUT2D eigenvalue weighted by atomic mass is 28.3. The van der Waals surface area contributed by atoms with Crippen molar-refractivity contribution in [2.24, 2.45) is 0 Å². The number of hydrogen-bond donors (Lipinski definition) is 0. The Labute approximate surface area is 105 Å². The van der Waals surface area contributed by atoms with Crippen molar-refractivity contribution >= 4 is 8.07 Å². The topological polar surface area (TPSA) is 0 Å². The van der Waals surface area contributed by atoms with Crippen LogP contribution in [0.5, 0.6) is 0 Å². The molecule has 0 saturated heterocycles. The molecule has 0 heterocycles. The van der Waals surface area contributed by atoms with E-state index in [1.165, 1.54) is 0 Å². The van der Waals surface area contributed by atoms with Crippen LogP contribution in [0.25, 0.3) is 0 Å². The van der Waals surface area contributed by atoms with E-state index >= 15 is 0 Å².